The summed E-state index contributed by atoms with van der Waals surface area (Å²) in [5.41, 5.74) is 11.5. The molecule has 58 heavy (non-hydrogen) atoms. The van der Waals surface area contributed by atoms with Crippen LogP contribution in [0.2, 0.25) is 0 Å². The molecule has 5 heteroatoms. The second kappa shape index (κ2) is 22.1. The molecule has 0 aliphatic heterocycles. The minimum absolute atomic E-state index is 0. The summed E-state index contributed by atoms with van der Waals surface area (Å²) in [6.07, 6.45) is 8.19. The molecule has 0 aliphatic rings. The molecule has 6 rings (SSSR count). The maximum Gasteiger partial charge on any atom is 0.162 e. The zero-order valence-electron chi connectivity index (χ0n) is 37.9. The molecule has 0 spiro atoms. The number of aliphatic hydroxyl groups excluding tert-OH is 1. The first-order valence-corrected chi connectivity index (χ1v) is 20.7. The first-order valence-electron chi connectivity index (χ1n) is 21.2. The molecule has 0 saturated heterocycles. The maximum atomic E-state index is 11.7. The van der Waals surface area contributed by atoms with E-state index in [9.17, 15) is 9.90 Å². The van der Waals surface area contributed by atoms with E-state index in [0.29, 0.717) is 11.6 Å². The summed E-state index contributed by atoms with van der Waals surface area (Å²) < 4.78 is 7.92. The van der Waals surface area contributed by atoms with Gasteiger partial charge in [0.15, 0.2) is 5.78 Å². The Morgan fingerprint density at radius 2 is 1.21 bits per heavy atom. The van der Waals surface area contributed by atoms with Crippen LogP contribution in [0.1, 0.15) is 109 Å². The summed E-state index contributed by atoms with van der Waals surface area (Å²) in [7, 11) is 0. The van der Waals surface area contributed by atoms with Crippen molar-refractivity contribution in [2.24, 2.45) is 17.3 Å². The maximum absolute atomic E-state index is 11.7. The molecule has 0 fully saturated rings. The van der Waals surface area contributed by atoms with Crippen LogP contribution < -0.4 is 0 Å². The molecule has 4 nitrogen and oxygen atoms in total. The Hall–Kier alpha value is -4.44. The number of carbonyl (C=O) groups is 1. The number of aromatic nitrogens is 2. The number of hydrogen-bond acceptors (Lipinski definition) is 4. The van der Waals surface area contributed by atoms with Gasteiger partial charge in [0.1, 0.15) is 0 Å². The molecular weight excluding hydrogens is 889 g/mol. The fourth-order valence-electron chi connectivity index (χ4n) is 7.44. The Balaban J connectivity index is 0.000000240. The van der Waals surface area contributed by atoms with Crippen LogP contribution in [0, 0.1) is 64.0 Å². The number of benzene rings is 4. The van der Waals surface area contributed by atoms with Crippen molar-refractivity contribution in [3.63, 3.8) is 0 Å². The van der Waals surface area contributed by atoms with Crippen LogP contribution in [0.5, 0.6) is 0 Å². The van der Waals surface area contributed by atoms with Crippen molar-refractivity contribution in [2.75, 3.05) is 0 Å². The Morgan fingerprint density at radius 1 is 0.690 bits per heavy atom. The third-order valence-corrected chi connectivity index (χ3v) is 10.3. The van der Waals surface area contributed by atoms with E-state index >= 15 is 0 Å². The van der Waals surface area contributed by atoms with Crippen molar-refractivity contribution < 1.29 is 31.4 Å². The smallest absolute Gasteiger partial charge is 0.162 e. The molecular formula is C53H64IrN2O2-2. The first-order chi connectivity index (χ1) is 27.4. The van der Waals surface area contributed by atoms with E-state index in [-0.39, 0.29) is 43.5 Å². The third kappa shape index (κ3) is 13.6. The number of pyridine rings is 2. The van der Waals surface area contributed by atoms with E-state index in [2.05, 4.69) is 137 Å². The number of aryl methyl sites for hydroxylation is 5. The Labute approximate surface area is 364 Å². The van der Waals surface area contributed by atoms with Gasteiger partial charge < -0.3 is 15.1 Å². The SMILES string of the molecule is CCC(CC)C(=O)/C=C(\O)C(CC)CC.Cc1[c-]c(-c2nccc3cc(CC(C)(C)C)ccc23)cc(C)c1.[2H]c1cc2cc(C)ccc2c(-c2[c-]c(C)cc(C)c2)n1.[Ir]. The molecule has 0 saturated carbocycles. The van der Waals surface area contributed by atoms with E-state index in [1.165, 1.54) is 39.1 Å². The third-order valence-electron chi connectivity index (χ3n) is 10.3. The quantitative estimate of drug-likeness (QED) is 0.0844. The largest absolute Gasteiger partial charge is 0.512 e. The topological polar surface area (TPSA) is 63.1 Å². The van der Waals surface area contributed by atoms with Crippen LogP contribution in [-0.2, 0) is 31.3 Å². The van der Waals surface area contributed by atoms with Crippen molar-refractivity contribution in [2.45, 2.75) is 115 Å². The van der Waals surface area contributed by atoms with Gasteiger partial charge in [0.05, 0.1) is 7.13 Å². The minimum atomic E-state index is 0. The molecule has 0 unspecified atom stereocenters. The molecule has 309 valence electrons. The van der Waals surface area contributed by atoms with Gasteiger partial charge in [-0.3, -0.25) is 4.79 Å². The molecule has 2 heterocycles. The second-order valence-corrected chi connectivity index (χ2v) is 16.8. The normalized spacial score (nSPS) is 11.8. The van der Waals surface area contributed by atoms with Gasteiger partial charge in [-0.05, 0) is 95.1 Å². The standard InChI is InChI=1S/C22H24N.C18H16N.C13H24O2.Ir/c1-15-10-16(2)12-19(11-15)21-20-7-6-17(14-22(3,4)5)13-18(20)8-9-23-21;1-12-4-5-17-15(9-12)6-7-19-18(17)16-10-13(2)8-14(3)11-16;1-5-10(6-2)12(14)9-13(15)11(7-3)8-4;/h6-11,13H,14H2,1-5H3;4-10H,1-3H3;9-11,14H,5-8H2,1-4H3;/q2*-1;;/b;;12-9-;/i;7D;;. The van der Waals surface area contributed by atoms with Gasteiger partial charge in [0.2, 0.25) is 0 Å². The zero-order chi connectivity index (χ0) is 42.7. The predicted octanol–water partition coefficient (Wildman–Crippen LogP) is 14.4. The van der Waals surface area contributed by atoms with Gasteiger partial charge in [-0.1, -0.05) is 118 Å². The fourth-order valence-corrected chi connectivity index (χ4v) is 7.44. The molecule has 1 radical (unpaired) electrons. The molecule has 1 N–H and O–H groups in total. The average Bonchev–Trinajstić information content (AvgIpc) is 3.14. The monoisotopic (exact) mass is 954 g/mol. The molecule has 2 aromatic heterocycles. The number of ketones is 1. The Morgan fingerprint density at radius 3 is 1.72 bits per heavy atom. The number of carbonyl (C=O) groups excluding carboxylic acids is 1. The van der Waals surface area contributed by atoms with Crippen LogP contribution in [0.4, 0.5) is 0 Å². The second-order valence-electron chi connectivity index (χ2n) is 16.8. The summed E-state index contributed by atoms with van der Waals surface area (Å²) in [5.74, 6) is 0.547. The summed E-state index contributed by atoms with van der Waals surface area (Å²) in [6, 6.07) is 32.2. The molecule has 0 atom stereocenters. The Kier molecular flexibility index (Phi) is 17.6. The van der Waals surface area contributed by atoms with Gasteiger partial charge in [-0.25, -0.2) is 0 Å². The van der Waals surface area contributed by atoms with E-state index in [0.717, 1.165) is 76.5 Å². The van der Waals surface area contributed by atoms with Crippen molar-refractivity contribution in [1.82, 2.24) is 9.97 Å². The zero-order valence-corrected chi connectivity index (χ0v) is 39.3. The van der Waals surface area contributed by atoms with E-state index in [4.69, 9.17) is 1.37 Å². The van der Waals surface area contributed by atoms with Gasteiger partial charge in [-0.15, -0.1) is 69.8 Å². The number of aliphatic hydroxyl groups is 1. The van der Waals surface area contributed by atoms with Crippen molar-refractivity contribution in [1.29, 1.82) is 0 Å². The minimum Gasteiger partial charge on any atom is -0.512 e. The molecule has 6 aromatic rings. The number of fused-ring (bicyclic) bond motifs is 2. The Bertz CT molecular complexity index is 2320. The molecule has 0 amide bonds. The number of rotatable bonds is 10. The number of allylic oxidation sites excluding steroid dienone is 2. The number of hydrogen-bond donors (Lipinski definition) is 1. The van der Waals surface area contributed by atoms with Crippen molar-refractivity contribution in [3.05, 3.63) is 143 Å². The summed E-state index contributed by atoms with van der Waals surface area (Å²) in [4.78, 5) is 20.8. The van der Waals surface area contributed by atoms with E-state index in [1.54, 1.807) is 0 Å². The summed E-state index contributed by atoms with van der Waals surface area (Å²) in [5, 5.41) is 14.4. The van der Waals surface area contributed by atoms with Gasteiger partial charge in [0, 0.05) is 50.4 Å². The van der Waals surface area contributed by atoms with Crippen LogP contribution in [-0.4, -0.2) is 20.9 Å². The predicted molar refractivity (Wildman–Crippen MR) is 243 cm³/mol. The van der Waals surface area contributed by atoms with Gasteiger partial charge >= 0.3 is 0 Å². The number of nitrogens with zero attached hydrogens (tertiary/aromatic N) is 2. The first kappa shape index (κ1) is 46.3. The van der Waals surface area contributed by atoms with E-state index < -0.39 is 0 Å². The van der Waals surface area contributed by atoms with Crippen LogP contribution >= 0.6 is 0 Å². The van der Waals surface area contributed by atoms with Crippen molar-refractivity contribution >= 4 is 27.3 Å². The van der Waals surface area contributed by atoms with Gasteiger partial charge in [-0.2, -0.15) is 0 Å². The molecule has 4 aromatic carbocycles. The van der Waals surface area contributed by atoms with Crippen molar-refractivity contribution in [3.8, 4) is 22.5 Å². The summed E-state index contributed by atoms with van der Waals surface area (Å²) >= 11 is 0. The summed E-state index contributed by atoms with van der Waals surface area (Å²) in [6.45, 7) is 25.3. The van der Waals surface area contributed by atoms with E-state index in [1.807, 2.05) is 46.9 Å². The fraction of sp³-hybridized carbons (Fsp3) is 0.377. The molecule has 0 bridgehead atoms. The van der Waals surface area contributed by atoms with Crippen LogP contribution in [0.25, 0.3) is 44.1 Å². The molecule has 0 aliphatic carbocycles. The van der Waals surface area contributed by atoms with Crippen LogP contribution in [0.3, 0.4) is 0 Å². The van der Waals surface area contributed by atoms with Crippen LogP contribution in [0.15, 0.2) is 97.0 Å². The van der Waals surface area contributed by atoms with Gasteiger partial charge in [0.25, 0.3) is 0 Å². The average molecular weight is 954 g/mol.